The summed E-state index contributed by atoms with van der Waals surface area (Å²) in [6.45, 7) is 2.64. The average Bonchev–Trinajstić information content (AvgIpc) is 2.85. The Morgan fingerprint density at radius 3 is 2.56 bits per heavy atom. The van der Waals surface area contributed by atoms with Gasteiger partial charge >= 0.3 is 0 Å². The Kier molecular flexibility index (Phi) is 6.65. The van der Waals surface area contributed by atoms with Gasteiger partial charge < -0.3 is 19.3 Å². The molecule has 0 unspecified atom stereocenters. The van der Waals surface area contributed by atoms with Gasteiger partial charge in [-0.05, 0) is 48.0 Å². The Labute approximate surface area is 186 Å². The number of anilines is 1. The molecule has 0 radical (unpaired) electrons. The second-order valence-corrected chi connectivity index (χ2v) is 7.30. The molecule has 0 N–H and O–H groups in total. The first kappa shape index (κ1) is 21.4. The van der Waals surface area contributed by atoms with Crippen molar-refractivity contribution in [3.8, 4) is 17.2 Å². The molecule has 0 atom stereocenters. The fourth-order valence-corrected chi connectivity index (χ4v) is 3.57. The van der Waals surface area contributed by atoms with Crippen molar-refractivity contribution < 1.29 is 18.7 Å². The summed E-state index contributed by atoms with van der Waals surface area (Å²) in [5.41, 5.74) is 1.61. The number of pyridine rings is 1. The van der Waals surface area contributed by atoms with Crippen LogP contribution in [0.15, 0.2) is 73.1 Å². The number of ether oxygens (including phenoxy) is 2. The highest BCUT2D eigenvalue weighted by Crippen LogP contribution is 2.28. The summed E-state index contributed by atoms with van der Waals surface area (Å²) in [4.78, 5) is 20.5. The summed E-state index contributed by atoms with van der Waals surface area (Å²) in [5.74, 6) is 0.783. The van der Waals surface area contributed by atoms with Crippen molar-refractivity contribution in [2.24, 2.45) is 0 Å². The summed E-state index contributed by atoms with van der Waals surface area (Å²) < 4.78 is 25.3. The van der Waals surface area contributed by atoms with Crippen molar-refractivity contribution in [3.63, 3.8) is 0 Å². The first-order valence-corrected chi connectivity index (χ1v) is 10.4. The maximum absolute atomic E-state index is 14.4. The van der Waals surface area contributed by atoms with Crippen LogP contribution in [0.2, 0.25) is 0 Å². The van der Waals surface area contributed by atoms with Gasteiger partial charge in [-0.25, -0.2) is 4.39 Å². The van der Waals surface area contributed by atoms with Crippen molar-refractivity contribution in [1.82, 2.24) is 9.88 Å². The van der Waals surface area contributed by atoms with E-state index in [9.17, 15) is 9.18 Å². The van der Waals surface area contributed by atoms with E-state index in [1.165, 1.54) is 18.3 Å². The smallest absolute Gasteiger partial charge is 0.246 e. The molecule has 32 heavy (non-hydrogen) atoms. The molecule has 2 heterocycles. The van der Waals surface area contributed by atoms with Gasteiger partial charge in [0.05, 0.1) is 19.0 Å². The number of carbonyl (C=O) groups is 1. The SMILES string of the molecule is COc1ccccc1N1CCN(C(=O)/C=C/c2ccc(Oc3cccnc3)c(F)c2)CC1. The van der Waals surface area contributed by atoms with Crippen molar-refractivity contribution in [3.05, 3.63) is 84.4 Å². The Bertz CT molecular complexity index is 1100. The predicted molar refractivity (Wildman–Crippen MR) is 122 cm³/mol. The highest BCUT2D eigenvalue weighted by Gasteiger charge is 2.21. The molecule has 0 spiro atoms. The molecule has 1 saturated heterocycles. The number of amides is 1. The number of halogens is 1. The van der Waals surface area contributed by atoms with E-state index in [0.717, 1.165) is 24.5 Å². The molecule has 2 aromatic carbocycles. The minimum Gasteiger partial charge on any atom is -0.495 e. The molecule has 1 fully saturated rings. The number of hydrogen-bond donors (Lipinski definition) is 0. The second-order valence-electron chi connectivity index (χ2n) is 7.30. The fourth-order valence-electron chi connectivity index (χ4n) is 3.57. The van der Waals surface area contributed by atoms with Gasteiger partial charge in [0, 0.05) is 38.5 Å². The zero-order chi connectivity index (χ0) is 22.3. The Hall–Kier alpha value is -3.87. The van der Waals surface area contributed by atoms with Crippen LogP contribution < -0.4 is 14.4 Å². The lowest BCUT2D eigenvalue weighted by molar-refractivity contribution is -0.126. The summed E-state index contributed by atoms with van der Waals surface area (Å²) >= 11 is 0. The minimum atomic E-state index is -0.506. The average molecular weight is 433 g/mol. The standard InChI is InChI=1S/C25H24FN3O3/c1-31-24-7-3-2-6-22(24)28-13-15-29(16-14-28)25(30)11-9-19-8-10-23(21(26)17-19)32-20-5-4-12-27-18-20/h2-12,17-18H,13-16H2,1H3/b11-9+. The van der Waals surface area contributed by atoms with Crippen LogP contribution in [0.3, 0.4) is 0 Å². The number of piperazine rings is 1. The fraction of sp³-hybridized carbons (Fsp3) is 0.200. The van der Waals surface area contributed by atoms with Gasteiger partial charge in [-0.1, -0.05) is 18.2 Å². The highest BCUT2D eigenvalue weighted by molar-refractivity contribution is 5.92. The number of carbonyl (C=O) groups excluding carboxylic acids is 1. The van der Waals surface area contributed by atoms with Gasteiger partial charge in [0.15, 0.2) is 11.6 Å². The van der Waals surface area contributed by atoms with Crippen LogP contribution in [0, 0.1) is 5.82 Å². The number of methoxy groups -OCH3 is 1. The molecule has 0 saturated carbocycles. The molecule has 6 nitrogen and oxygen atoms in total. The molecule has 4 rings (SSSR count). The van der Waals surface area contributed by atoms with Gasteiger partial charge in [-0.3, -0.25) is 9.78 Å². The second kappa shape index (κ2) is 9.96. The molecule has 1 aromatic heterocycles. The number of benzene rings is 2. The van der Waals surface area contributed by atoms with Crippen LogP contribution in [-0.2, 0) is 4.79 Å². The summed E-state index contributed by atoms with van der Waals surface area (Å²) in [6.07, 6.45) is 6.23. The zero-order valence-electron chi connectivity index (χ0n) is 17.8. The van der Waals surface area contributed by atoms with E-state index >= 15 is 0 Å². The van der Waals surface area contributed by atoms with Gasteiger partial charge in [0.1, 0.15) is 11.5 Å². The molecule has 164 valence electrons. The lowest BCUT2D eigenvalue weighted by atomic mass is 10.2. The largest absolute Gasteiger partial charge is 0.495 e. The zero-order valence-corrected chi connectivity index (χ0v) is 17.8. The lowest BCUT2D eigenvalue weighted by Crippen LogP contribution is -2.48. The number of hydrogen-bond acceptors (Lipinski definition) is 5. The van der Waals surface area contributed by atoms with Crippen LogP contribution in [0.25, 0.3) is 6.08 Å². The molecule has 7 heteroatoms. The minimum absolute atomic E-state index is 0.0965. The van der Waals surface area contributed by atoms with Crippen LogP contribution in [0.1, 0.15) is 5.56 Å². The van der Waals surface area contributed by atoms with Crippen LogP contribution in [0.4, 0.5) is 10.1 Å². The van der Waals surface area contributed by atoms with Crippen molar-refractivity contribution >= 4 is 17.7 Å². The van der Waals surface area contributed by atoms with Crippen molar-refractivity contribution in [2.75, 3.05) is 38.2 Å². The van der Waals surface area contributed by atoms with Gasteiger partial charge in [0.25, 0.3) is 0 Å². The molecule has 1 aliphatic rings. The third-order valence-electron chi connectivity index (χ3n) is 5.25. The predicted octanol–water partition coefficient (Wildman–Crippen LogP) is 4.38. The molecule has 1 amide bonds. The first-order valence-electron chi connectivity index (χ1n) is 10.4. The summed E-state index contributed by atoms with van der Waals surface area (Å²) in [5, 5.41) is 0. The van der Waals surface area contributed by atoms with E-state index in [1.54, 1.807) is 48.5 Å². The molecule has 1 aliphatic heterocycles. The van der Waals surface area contributed by atoms with Crippen LogP contribution >= 0.6 is 0 Å². The Balaban J connectivity index is 1.34. The maximum atomic E-state index is 14.4. The number of aromatic nitrogens is 1. The van der Waals surface area contributed by atoms with E-state index in [1.807, 2.05) is 24.3 Å². The quantitative estimate of drug-likeness (QED) is 0.540. The number of nitrogens with zero attached hydrogens (tertiary/aromatic N) is 3. The third-order valence-corrected chi connectivity index (χ3v) is 5.25. The Morgan fingerprint density at radius 1 is 1.03 bits per heavy atom. The van der Waals surface area contributed by atoms with E-state index in [2.05, 4.69) is 9.88 Å². The third kappa shape index (κ3) is 5.06. The molecular weight excluding hydrogens is 409 g/mol. The first-order chi connectivity index (χ1) is 15.6. The van der Waals surface area contributed by atoms with E-state index < -0.39 is 5.82 Å². The maximum Gasteiger partial charge on any atom is 0.246 e. The normalized spacial score (nSPS) is 13.9. The van der Waals surface area contributed by atoms with Gasteiger partial charge in [-0.15, -0.1) is 0 Å². The molecule has 3 aromatic rings. The number of para-hydroxylation sites is 2. The van der Waals surface area contributed by atoms with Crippen LogP contribution in [-0.4, -0.2) is 49.1 Å². The van der Waals surface area contributed by atoms with E-state index in [-0.39, 0.29) is 11.7 Å². The monoisotopic (exact) mass is 433 g/mol. The topological polar surface area (TPSA) is 54.9 Å². The van der Waals surface area contributed by atoms with Crippen molar-refractivity contribution in [2.45, 2.75) is 0 Å². The van der Waals surface area contributed by atoms with Gasteiger partial charge in [0.2, 0.25) is 5.91 Å². The molecule has 0 aliphatic carbocycles. The van der Waals surface area contributed by atoms with Crippen molar-refractivity contribution in [1.29, 1.82) is 0 Å². The van der Waals surface area contributed by atoms with Gasteiger partial charge in [-0.2, -0.15) is 0 Å². The van der Waals surface area contributed by atoms with E-state index in [4.69, 9.17) is 9.47 Å². The molecule has 0 bridgehead atoms. The van der Waals surface area contributed by atoms with Crippen LogP contribution in [0.5, 0.6) is 17.2 Å². The number of rotatable bonds is 6. The highest BCUT2D eigenvalue weighted by atomic mass is 19.1. The van der Waals surface area contributed by atoms with E-state index in [0.29, 0.717) is 24.4 Å². The summed E-state index contributed by atoms with van der Waals surface area (Å²) in [7, 11) is 1.66. The summed E-state index contributed by atoms with van der Waals surface area (Å²) in [6, 6.07) is 15.9. The molecular formula is C25H24FN3O3. The lowest BCUT2D eigenvalue weighted by Gasteiger charge is -2.36. The Morgan fingerprint density at radius 2 is 1.84 bits per heavy atom.